The zero-order chi connectivity index (χ0) is 17.0. The highest BCUT2D eigenvalue weighted by molar-refractivity contribution is 5.87. The van der Waals surface area contributed by atoms with Gasteiger partial charge in [0.25, 0.3) is 5.56 Å². The van der Waals surface area contributed by atoms with Crippen LogP contribution in [0.4, 0.5) is 11.8 Å². The summed E-state index contributed by atoms with van der Waals surface area (Å²) < 4.78 is 0. The smallest absolute Gasteiger partial charge is 0.335 e. The lowest BCUT2D eigenvalue weighted by atomic mass is 9.93. The molecule has 8 nitrogen and oxygen atoms in total. The summed E-state index contributed by atoms with van der Waals surface area (Å²) in [6.07, 6.45) is 1.22. The molecule has 0 fully saturated rings. The second-order valence-electron chi connectivity index (χ2n) is 5.22. The van der Waals surface area contributed by atoms with Gasteiger partial charge >= 0.3 is 5.97 Å². The zero-order valence-electron chi connectivity index (χ0n) is 12.5. The number of aromatic carboxylic acids is 1. The zero-order valence-corrected chi connectivity index (χ0v) is 12.5. The quantitative estimate of drug-likeness (QED) is 0.512. The van der Waals surface area contributed by atoms with Gasteiger partial charge in [-0.25, -0.2) is 4.79 Å². The van der Waals surface area contributed by atoms with Crippen molar-refractivity contribution in [2.45, 2.75) is 18.8 Å². The van der Waals surface area contributed by atoms with Crippen molar-refractivity contribution in [2.24, 2.45) is 5.73 Å². The fraction of sp³-hybridized carbons (Fsp3) is 0.267. The van der Waals surface area contributed by atoms with Gasteiger partial charge in [-0.2, -0.15) is 4.98 Å². The molecule has 1 unspecified atom stereocenters. The van der Waals surface area contributed by atoms with Crippen molar-refractivity contribution in [1.82, 2.24) is 9.97 Å². The number of aromatic nitrogens is 2. The topological polar surface area (TPSA) is 161 Å². The minimum Gasteiger partial charge on any atom is -0.478 e. The van der Waals surface area contributed by atoms with Gasteiger partial charge in [-0.15, -0.1) is 0 Å². The molecular weight excluding hydrogens is 298 g/mol. The normalized spacial score (nSPS) is 12.0. The first-order chi connectivity index (χ1) is 10.9. The lowest BCUT2D eigenvalue weighted by Crippen LogP contribution is -2.26. The van der Waals surface area contributed by atoms with E-state index in [9.17, 15) is 9.59 Å². The molecule has 1 aromatic heterocycles. The Bertz CT molecular complexity index is 755. The average molecular weight is 317 g/mol. The predicted molar refractivity (Wildman–Crippen MR) is 87.2 cm³/mol. The van der Waals surface area contributed by atoms with Crippen LogP contribution in [-0.4, -0.2) is 27.6 Å². The van der Waals surface area contributed by atoms with Gasteiger partial charge in [-0.05, 0) is 37.1 Å². The van der Waals surface area contributed by atoms with Gasteiger partial charge < -0.3 is 22.3 Å². The number of carboxylic acid groups (broad SMARTS) is 1. The third-order valence-electron chi connectivity index (χ3n) is 3.68. The highest BCUT2D eigenvalue weighted by Gasteiger charge is 2.18. The maximum atomic E-state index is 12.0. The molecule has 1 aromatic carbocycles. The summed E-state index contributed by atoms with van der Waals surface area (Å²) >= 11 is 0. The Balaban J connectivity index is 2.14. The number of aromatic amines is 1. The SMILES string of the molecule is NCC(CCc1ccc(C(=O)O)cc1)c1c(N)nc(N)[nH]c1=O. The highest BCUT2D eigenvalue weighted by Crippen LogP contribution is 2.22. The van der Waals surface area contributed by atoms with Crippen LogP contribution in [0.25, 0.3) is 0 Å². The molecule has 0 saturated heterocycles. The van der Waals surface area contributed by atoms with E-state index in [0.717, 1.165) is 5.56 Å². The number of nitrogens with two attached hydrogens (primary N) is 3. The van der Waals surface area contributed by atoms with E-state index in [1.54, 1.807) is 24.3 Å². The fourth-order valence-electron chi connectivity index (χ4n) is 2.45. The van der Waals surface area contributed by atoms with Crippen LogP contribution in [0.2, 0.25) is 0 Å². The number of carboxylic acids is 1. The van der Waals surface area contributed by atoms with E-state index in [1.807, 2.05) is 0 Å². The molecule has 0 aliphatic rings. The van der Waals surface area contributed by atoms with Crippen LogP contribution in [0.1, 0.15) is 33.8 Å². The van der Waals surface area contributed by atoms with Gasteiger partial charge in [-0.3, -0.25) is 9.78 Å². The molecule has 0 amide bonds. The van der Waals surface area contributed by atoms with E-state index in [-0.39, 0.29) is 35.4 Å². The standard InChI is InChI=1S/C15H19N5O3/c16-7-10(11-12(17)19-15(18)20-13(11)21)6-3-8-1-4-9(5-2-8)14(22)23/h1-2,4-5,10H,3,6-7,16H2,(H,22,23)(H5,17,18,19,20,21). The van der Waals surface area contributed by atoms with E-state index in [2.05, 4.69) is 9.97 Å². The van der Waals surface area contributed by atoms with Crippen LogP contribution in [-0.2, 0) is 6.42 Å². The number of rotatable bonds is 6. The van der Waals surface area contributed by atoms with Gasteiger partial charge in [0.2, 0.25) is 5.95 Å². The number of nitrogen functional groups attached to an aromatic ring is 2. The Labute approximate surface area is 132 Å². The number of benzene rings is 1. The second-order valence-corrected chi connectivity index (χ2v) is 5.22. The third kappa shape index (κ3) is 3.86. The number of nitrogens with one attached hydrogen (secondary N) is 1. The Morgan fingerprint density at radius 3 is 2.43 bits per heavy atom. The molecule has 2 aromatic rings. The maximum Gasteiger partial charge on any atom is 0.335 e. The first kappa shape index (κ1) is 16.5. The molecular formula is C15H19N5O3. The number of aryl methyl sites for hydroxylation is 1. The molecule has 8 heteroatoms. The van der Waals surface area contributed by atoms with Crippen molar-refractivity contribution in [1.29, 1.82) is 0 Å². The minimum absolute atomic E-state index is 0.0312. The molecule has 0 bridgehead atoms. The van der Waals surface area contributed by atoms with Gasteiger partial charge in [0, 0.05) is 5.92 Å². The first-order valence-electron chi connectivity index (χ1n) is 7.09. The Morgan fingerprint density at radius 1 is 1.26 bits per heavy atom. The van der Waals surface area contributed by atoms with Crippen molar-refractivity contribution in [3.8, 4) is 0 Å². The molecule has 8 N–H and O–H groups in total. The monoisotopic (exact) mass is 317 g/mol. The van der Waals surface area contributed by atoms with Crippen LogP contribution in [0.3, 0.4) is 0 Å². The van der Waals surface area contributed by atoms with E-state index in [0.29, 0.717) is 18.4 Å². The predicted octanol–water partition coefficient (Wildman–Crippen LogP) is 0.308. The summed E-state index contributed by atoms with van der Waals surface area (Å²) in [6, 6.07) is 6.57. The summed E-state index contributed by atoms with van der Waals surface area (Å²) in [6.45, 7) is 0.242. The van der Waals surface area contributed by atoms with Crippen molar-refractivity contribution < 1.29 is 9.90 Å². The molecule has 0 aliphatic heterocycles. The van der Waals surface area contributed by atoms with Crippen LogP contribution in [0.5, 0.6) is 0 Å². The van der Waals surface area contributed by atoms with Crippen molar-refractivity contribution in [3.63, 3.8) is 0 Å². The van der Waals surface area contributed by atoms with Crippen molar-refractivity contribution in [3.05, 3.63) is 51.3 Å². The Kier molecular flexibility index (Phi) is 4.97. The van der Waals surface area contributed by atoms with Crippen LogP contribution in [0.15, 0.2) is 29.1 Å². The van der Waals surface area contributed by atoms with Crippen LogP contribution < -0.4 is 22.8 Å². The van der Waals surface area contributed by atoms with Crippen molar-refractivity contribution >= 4 is 17.7 Å². The highest BCUT2D eigenvalue weighted by atomic mass is 16.4. The first-order valence-corrected chi connectivity index (χ1v) is 7.09. The van der Waals surface area contributed by atoms with Crippen molar-refractivity contribution in [2.75, 3.05) is 18.0 Å². The van der Waals surface area contributed by atoms with E-state index in [1.165, 1.54) is 0 Å². The van der Waals surface area contributed by atoms with Gasteiger partial charge in [0.1, 0.15) is 5.82 Å². The number of H-pyrrole nitrogens is 1. The third-order valence-corrected chi connectivity index (χ3v) is 3.68. The molecule has 23 heavy (non-hydrogen) atoms. The molecule has 0 radical (unpaired) electrons. The Hall–Kier alpha value is -2.87. The van der Waals surface area contributed by atoms with Gasteiger partial charge in [0.15, 0.2) is 0 Å². The molecule has 1 atom stereocenters. The fourth-order valence-corrected chi connectivity index (χ4v) is 2.45. The summed E-state index contributed by atoms with van der Waals surface area (Å²) in [5.41, 5.74) is 18.1. The summed E-state index contributed by atoms with van der Waals surface area (Å²) in [7, 11) is 0. The number of nitrogens with zero attached hydrogens (tertiary/aromatic N) is 1. The largest absolute Gasteiger partial charge is 0.478 e. The summed E-state index contributed by atoms with van der Waals surface area (Å²) in [4.78, 5) is 29.1. The van der Waals surface area contributed by atoms with Gasteiger partial charge in [0.05, 0.1) is 11.1 Å². The minimum atomic E-state index is -0.969. The molecule has 0 saturated carbocycles. The Morgan fingerprint density at radius 2 is 1.91 bits per heavy atom. The lowest BCUT2D eigenvalue weighted by Gasteiger charge is -2.16. The number of hydrogen-bond acceptors (Lipinski definition) is 6. The summed E-state index contributed by atoms with van der Waals surface area (Å²) in [5.74, 6) is -1.17. The summed E-state index contributed by atoms with van der Waals surface area (Å²) in [5, 5.41) is 8.88. The number of carbonyl (C=O) groups is 1. The maximum absolute atomic E-state index is 12.0. The van der Waals surface area contributed by atoms with Crippen LogP contribution >= 0.6 is 0 Å². The van der Waals surface area contributed by atoms with Crippen LogP contribution in [0, 0.1) is 0 Å². The molecule has 0 aliphatic carbocycles. The molecule has 122 valence electrons. The molecule has 0 spiro atoms. The number of hydrogen-bond donors (Lipinski definition) is 5. The van der Waals surface area contributed by atoms with E-state index < -0.39 is 5.97 Å². The van der Waals surface area contributed by atoms with E-state index in [4.69, 9.17) is 22.3 Å². The lowest BCUT2D eigenvalue weighted by molar-refractivity contribution is 0.0697. The van der Waals surface area contributed by atoms with Gasteiger partial charge in [-0.1, -0.05) is 12.1 Å². The number of anilines is 2. The second kappa shape index (κ2) is 6.93. The molecule has 1 heterocycles. The van der Waals surface area contributed by atoms with E-state index >= 15 is 0 Å². The average Bonchev–Trinajstić information content (AvgIpc) is 2.50. The molecule has 2 rings (SSSR count).